The van der Waals surface area contributed by atoms with Crippen molar-refractivity contribution in [2.45, 2.75) is 38.6 Å². The second kappa shape index (κ2) is 5.02. The minimum absolute atomic E-state index is 0.259. The molecule has 0 bridgehead atoms. The Morgan fingerprint density at radius 3 is 2.84 bits per heavy atom. The number of nitrogens with one attached hydrogen (secondary N) is 1. The molecule has 0 spiro atoms. The number of H-pyrrole nitrogens is 1. The Balaban J connectivity index is 1.75. The summed E-state index contributed by atoms with van der Waals surface area (Å²) in [5.74, 6) is 1.06. The van der Waals surface area contributed by atoms with Crippen LogP contribution in [0.25, 0.3) is 27.9 Å². The number of fused-ring (bicyclic) bond motifs is 3. The van der Waals surface area contributed by atoms with E-state index in [1.807, 2.05) is 23.0 Å². The minimum atomic E-state index is -0.259. The van der Waals surface area contributed by atoms with Crippen LogP contribution in [0.2, 0.25) is 0 Å². The van der Waals surface area contributed by atoms with Gasteiger partial charge in [-0.05, 0) is 44.2 Å². The van der Waals surface area contributed by atoms with E-state index in [4.69, 9.17) is 0 Å². The topological polar surface area (TPSA) is 80.9 Å². The number of nitrogens with zero attached hydrogens (tertiary/aromatic N) is 5. The number of para-hydroxylation sites is 1. The average molecular weight is 334 g/mol. The molecule has 25 heavy (non-hydrogen) atoms. The highest BCUT2D eigenvalue weighted by molar-refractivity contribution is 5.93. The van der Waals surface area contributed by atoms with Crippen molar-refractivity contribution in [2.75, 3.05) is 0 Å². The van der Waals surface area contributed by atoms with Crippen molar-refractivity contribution in [3.8, 4) is 11.4 Å². The lowest BCUT2D eigenvalue weighted by molar-refractivity contribution is 0.532. The number of aromatic amines is 1. The van der Waals surface area contributed by atoms with Gasteiger partial charge in [0, 0.05) is 17.6 Å². The molecule has 1 aliphatic carbocycles. The van der Waals surface area contributed by atoms with Crippen molar-refractivity contribution in [1.29, 1.82) is 0 Å². The fraction of sp³-hybridized carbons (Fsp3) is 0.333. The maximum absolute atomic E-state index is 12.5. The second-order valence-electron chi connectivity index (χ2n) is 6.95. The fourth-order valence-corrected chi connectivity index (χ4v) is 3.28. The lowest BCUT2D eigenvalue weighted by atomic mass is 10.1. The first-order chi connectivity index (χ1) is 12.1. The van der Waals surface area contributed by atoms with E-state index in [0.29, 0.717) is 17.4 Å². The molecule has 0 aliphatic heterocycles. The minimum Gasteiger partial charge on any atom is -0.305 e. The molecule has 1 N–H and O–H groups in total. The lowest BCUT2D eigenvalue weighted by Crippen LogP contribution is -2.18. The summed E-state index contributed by atoms with van der Waals surface area (Å²) in [7, 11) is 0. The summed E-state index contributed by atoms with van der Waals surface area (Å²) in [5, 5.41) is 9.67. The Morgan fingerprint density at radius 1 is 1.28 bits per heavy atom. The van der Waals surface area contributed by atoms with Crippen LogP contribution >= 0.6 is 0 Å². The average Bonchev–Trinajstić information content (AvgIpc) is 3.14. The van der Waals surface area contributed by atoms with Crippen molar-refractivity contribution in [3.63, 3.8) is 0 Å². The van der Waals surface area contributed by atoms with Gasteiger partial charge in [0.15, 0.2) is 11.5 Å². The number of benzene rings is 1. The van der Waals surface area contributed by atoms with Crippen LogP contribution in [-0.4, -0.2) is 29.4 Å². The Labute approximate surface area is 143 Å². The van der Waals surface area contributed by atoms with Crippen LogP contribution in [0.3, 0.4) is 0 Å². The molecule has 0 amide bonds. The molecule has 4 aromatic rings. The molecule has 3 aromatic heterocycles. The third-order valence-corrected chi connectivity index (χ3v) is 4.78. The summed E-state index contributed by atoms with van der Waals surface area (Å²) in [6.45, 7) is 4.12. The van der Waals surface area contributed by atoms with Gasteiger partial charge in [-0.1, -0.05) is 12.1 Å². The summed E-state index contributed by atoms with van der Waals surface area (Å²) >= 11 is 0. The van der Waals surface area contributed by atoms with Gasteiger partial charge < -0.3 is 4.98 Å². The second-order valence-corrected chi connectivity index (χ2v) is 6.95. The Bertz CT molecular complexity index is 1160. The number of rotatable bonds is 3. The standard InChI is InChI=1S/C18H18N6O/c1-10(2)23-9-12(8-19-23)16-21-17-14-5-3-4-13(11-6-7-11)15(14)20-18(25)24(17)22-16/h3-5,8-11H,6-7H2,1-2H3,(H,20,25). The van der Waals surface area contributed by atoms with Crippen molar-refractivity contribution in [1.82, 2.24) is 29.4 Å². The molecule has 1 aromatic carbocycles. The van der Waals surface area contributed by atoms with Crippen LogP contribution < -0.4 is 5.69 Å². The maximum Gasteiger partial charge on any atom is 0.348 e. The molecule has 0 radical (unpaired) electrons. The molecule has 1 aliphatic rings. The van der Waals surface area contributed by atoms with Gasteiger partial charge in [-0.15, -0.1) is 5.10 Å². The van der Waals surface area contributed by atoms with Gasteiger partial charge in [-0.2, -0.15) is 9.61 Å². The third kappa shape index (κ3) is 2.19. The maximum atomic E-state index is 12.5. The van der Waals surface area contributed by atoms with Gasteiger partial charge in [-0.25, -0.2) is 9.78 Å². The van der Waals surface area contributed by atoms with E-state index >= 15 is 0 Å². The highest BCUT2D eigenvalue weighted by Gasteiger charge is 2.26. The quantitative estimate of drug-likeness (QED) is 0.624. The van der Waals surface area contributed by atoms with E-state index < -0.39 is 0 Å². The molecular formula is C18H18N6O. The lowest BCUT2D eigenvalue weighted by Gasteiger charge is -2.05. The number of aromatic nitrogens is 6. The Morgan fingerprint density at radius 2 is 2.12 bits per heavy atom. The first-order valence-electron chi connectivity index (χ1n) is 8.58. The summed E-state index contributed by atoms with van der Waals surface area (Å²) in [4.78, 5) is 20.2. The molecule has 5 rings (SSSR count). The van der Waals surface area contributed by atoms with Crippen LogP contribution in [0.1, 0.15) is 44.2 Å². The van der Waals surface area contributed by atoms with E-state index in [1.54, 1.807) is 6.20 Å². The zero-order valence-electron chi connectivity index (χ0n) is 14.1. The Kier molecular flexibility index (Phi) is 2.89. The highest BCUT2D eigenvalue weighted by atomic mass is 16.1. The van der Waals surface area contributed by atoms with Crippen LogP contribution in [0.5, 0.6) is 0 Å². The summed E-state index contributed by atoms with van der Waals surface area (Å²) in [6, 6.07) is 6.37. The van der Waals surface area contributed by atoms with E-state index in [9.17, 15) is 4.79 Å². The van der Waals surface area contributed by atoms with E-state index in [-0.39, 0.29) is 11.7 Å². The van der Waals surface area contributed by atoms with Crippen molar-refractivity contribution >= 4 is 16.6 Å². The molecule has 1 saturated carbocycles. The van der Waals surface area contributed by atoms with Crippen molar-refractivity contribution < 1.29 is 0 Å². The molecule has 3 heterocycles. The fourth-order valence-electron chi connectivity index (χ4n) is 3.28. The van der Waals surface area contributed by atoms with Crippen molar-refractivity contribution in [2.24, 2.45) is 0 Å². The smallest absolute Gasteiger partial charge is 0.305 e. The first-order valence-corrected chi connectivity index (χ1v) is 8.58. The summed E-state index contributed by atoms with van der Waals surface area (Å²) in [5.41, 5.74) is 3.23. The van der Waals surface area contributed by atoms with Crippen LogP contribution in [0.15, 0.2) is 35.4 Å². The molecule has 7 heteroatoms. The summed E-state index contributed by atoms with van der Waals surface area (Å²) in [6.07, 6.45) is 6.00. The molecule has 0 unspecified atom stereocenters. The zero-order chi connectivity index (χ0) is 17.1. The summed E-state index contributed by atoms with van der Waals surface area (Å²) < 4.78 is 3.20. The van der Waals surface area contributed by atoms with Crippen molar-refractivity contribution in [3.05, 3.63) is 46.6 Å². The normalized spacial score (nSPS) is 14.8. The van der Waals surface area contributed by atoms with E-state index in [1.165, 1.54) is 22.9 Å². The molecule has 0 atom stereocenters. The zero-order valence-corrected chi connectivity index (χ0v) is 14.1. The van der Waals surface area contributed by atoms with E-state index in [2.05, 4.69) is 40.1 Å². The predicted molar refractivity (Wildman–Crippen MR) is 94.7 cm³/mol. The molecule has 126 valence electrons. The SMILES string of the molecule is CC(C)n1cc(-c2nc3c4cccc(C5CC5)c4[nH]c(=O)n3n2)cn1. The third-order valence-electron chi connectivity index (χ3n) is 4.78. The van der Waals surface area contributed by atoms with Gasteiger partial charge in [-0.3, -0.25) is 4.68 Å². The van der Waals surface area contributed by atoms with E-state index in [0.717, 1.165) is 16.5 Å². The Hall–Kier alpha value is -2.96. The van der Waals surface area contributed by atoms with Crippen LogP contribution in [0, 0.1) is 0 Å². The first kappa shape index (κ1) is 14.4. The van der Waals surface area contributed by atoms with Gasteiger partial charge in [0.1, 0.15) is 0 Å². The molecule has 7 nitrogen and oxygen atoms in total. The van der Waals surface area contributed by atoms with Gasteiger partial charge in [0.05, 0.1) is 17.3 Å². The van der Waals surface area contributed by atoms with Gasteiger partial charge >= 0.3 is 5.69 Å². The number of hydrogen-bond donors (Lipinski definition) is 1. The van der Waals surface area contributed by atoms with Gasteiger partial charge in [0.25, 0.3) is 0 Å². The monoisotopic (exact) mass is 334 g/mol. The molecule has 0 saturated heterocycles. The van der Waals surface area contributed by atoms with Gasteiger partial charge in [0.2, 0.25) is 0 Å². The largest absolute Gasteiger partial charge is 0.348 e. The molecular weight excluding hydrogens is 316 g/mol. The molecule has 1 fully saturated rings. The van der Waals surface area contributed by atoms with Crippen LogP contribution in [0.4, 0.5) is 0 Å². The highest BCUT2D eigenvalue weighted by Crippen LogP contribution is 2.42. The number of hydrogen-bond acceptors (Lipinski definition) is 4. The predicted octanol–water partition coefficient (Wildman–Crippen LogP) is 2.89. The van der Waals surface area contributed by atoms with Crippen LogP contribution in [-0.2, 0) is 0 Å².